The van der Waals surface area contributed by atoms with Gasteiger partial charge in [-0.05, 0) is 13.3 Å². The quantitative estimate of drug-likeness (QED) is 0.509. The fourth-order valence-corrected chi connectivity index (χ4v) is 0.204. The molecule has 0 saturated heterocycles. The van der Waals surface area contributed by atoms with Crippen molar-refractivity contribution in [1.29, 1.82) is 0 Å². The van der Waals surface area contributed by atoms with Crippen molar-refractivity contribution in [2.24, 2.45) is 0 Å². The van der Waals surface area contributed by atoms with Crippen molar-refractivity contribution >= 4 is 0 Å². The van der Waals surface area contributed by atoms with E-state index in [1.165, 1.54) is 6.42 Å². The van der Waals surface area contributed by atoms with Gasteiger partial charge in [0.2, 0.25) is 0 Å². The first-order valence-corrected chi connectivity index (χ1v) is 3.51. The summed E-state index contributed by atoms with van der Waals surface area (Å²) in [6.45, 7) is 16.9. The van der Waals surface area contributed by atoms with Gasteiger partial charge >= 0.3 is 0 Å². The minimum Gasteiger partial charge on any atom is -0.106 e. The highest BCUT2D eigenvalue weighted by Crippen LogP contribution is 1.82. The second kappa shape index (κ2) is 41.3. The Balaban J connectivity index is -0.0000000847. The second-order valence-corrected chi connectivity index (χ2v) is 1.49. The van der Waals surface area contributed by atoms with E-state index in [0.29, 0.717) is 0 Å². The number of hydrogen-bond acceptors (Lipinski definition) is 0. The van der Waals surface area contributed by atoms with Crippen molar-refractivity contribution in [1.82, 2.24) is 0 Å². The molecule has 10 heavy (non-hydrogen) atoms. The van der Waals surface area contributed by atoms with Crippen LogP contribution in [-0.4, -0.2) is 0 Å². The SMILES string of the molecule is C=C.C=CC.C=CCCC. The molecule has 0 aliphatic heterocycles. The van der Waals surface area contributed by atoms with Crippen LogP contribution in [0.15, 0.2) is 38.5 Å². The molecule has 0 N–H and O–H groups in total. The molecule has 0 aromatic rings. The lowest BCUT2D eigenvalue weighted by Gasteiger charge is -1.72. The summed E-state index contributed by atoms with van der Waals surface area (Å²) in [7, 11) is 0. The average Bonchev–Trinajstić information content (AvgIpc) is 1.96. The monoisotopic (exact) mass is 140 g/mol. The Kier molecular flexibility index (Phi) is 66.5. The van der Waals surface area contributed by atoms with Crippen LogP contribution in [0.2, 0.25) is 0 Å². The molecule has 0 aromatic heterocycles. The third-order valence-electron chi connectivity index (χ3n) is 0.493. The topological polar surface area (TPSA) is 0 Å². The summed E-state index contributed by atoms with van der Waals surface area (Å²) in [5.74, 6) is 0. The van der Waals surface area contributed by atoms with Gasteiger partial charge in [0.25, 0.3) is 0 Å². The minimum absolute atomic E-state index is 1.15. The first kappa shape index (κ1) is 16.1. The maximum Gasteiger partial charge on any atom is -0.0356 e. The summed E-state index contributed by atoms with van der Waals surface area (Å²) in [6, 6.07) is 0. The highest BCUT2D eigenvalue weighted by Gasteiger charge is 1.61. The molecule has 0 saturated carbocycles. The number of allylic oxidation sites excluding steroid dienone is 2. The lowest BCUT2D eigenvalue weighted by atomic mass is 10.3. The van der Waals surface area contributed by atoms with Crippen LogP contribution in [0.25, 0.3) is 0 Å². The van der Waals surface area contributed by atoms with Crippen LogP contribution in [0.3, 0.4) is 0 Å². The van der Waals surface area contributed by atoms with Gasteiger partial charge in [0.1, 0.15) is 0 Å². The number of unbranched alkanes of at least 4 members (excludes halogenated alkanes) is 1. The molecule has 0 heteroatoms. The smallest absolute Gasteiger partial charge is 0.0356 e. The Morgan fingerprint density at radius 1 is 1.20 bits per heavy atom. The third-order valence-corrected chi connectivity index (χ3v) is 0.493. The van der Waals surface area contributed by atoms with Gasteiger partial charge in [-0.2, -0.15) is 0 Å². The molecule has 0 amide bonds. The van der Waals surface area contributed by atoms with Gasteiger partial charge in [-0.15, -0.1) is 26.3 Å². The second-order valence-electron chi connectivity index (χ2n) is 1.49. The standard InChI is InChI=1S/C5H10.C3H6.C2H4/c1-3-5-4-2;1-3-2;1-2/h3H,1,4-5H2,2H3;3H,1H2,2H3;1-2H2. The molecule has 0 unspecified atom stereocenters. The van der Waals surface area contributed by atoms with Gasteiger partial charge < -0.3 is 0 Å². The van der Waals surface area contributed by atoms with Gasteiger partial charge in [-0.3, -0.25) is 0 Å². The Morgan fingerprint density at radius 2 is 1.50 bits per heavy atom. The predicted molar refractivity (Wildman–Crippen MR) is 52.2 cm³/mol. The van der Waals surface area contributed by atoms with Crippen LogP contribution >= 0.6 is 0 Å². The fourth-order valence-electron chi connectivity index (χ4n) is 0.204. The summed E-state index contributed by atoms with van der Waals surface area (Å²) in [4.78, 5) is 0. The lowest BCUT2D eigenvalue weighted by molar-refractivity contribution is 0.961. The molecule has 0 aromatic carbocycles. The molecule has 0 aliphatic carbocycles. The molecule has 60 valence electrons. The highest BCUT2D eigenvalue weighted by atomic mass is 13.7. The molecule has 0 fully saturated rings. The van der Waals surface area contributed by atoms with Crippen LogP contribution in [0.5, 0.6) is 0 Å². The average molecular weight is 140 g/mol. The summed E-state index contributed by atoms with van der Waals surface area (Å²) in [6.07, 6.45) is 6.06. The predicted octanol–water partition coefficient (Wildman–Crippen LogP) is 3.97. The highest BCUT2D eigenvalue weighted by molar-refractivity contribution is 4.63. The maximum atomic E-state index is 3.55. The van der Waals surface area contributed by atoms with Gasteiger partial charge in [0.05, 0.1) is 0 Å². The maximum absolute atomic E-state index is 3.55. The summed E-state index contributed by atoms with van der Waals surface area (Å²) in [5, 5.41) is 0. The van der Waals surface area contributed by atoms with E-state index in [4.69, 9.17) is 0 Å². The van der Waals surface area contributed by atoms with Crippen LogP contribution in [0, 0.1) is 0 Å². The number of rotatable bonds is 2. The summed E-state index contributed by atoms with van der Waals surface area (Å²) in [5.41, 5.74) is 0. The van der Waals surface area contributed by atoms with Crippen molar-refractivity contribution in [3.63, 3.8) is 0 Å². The third kappa shape index (κ3) is 188. The normalized spacial score (nSPS) is 5.40. The van der Waals surface area contributed by atoms with E-state index in [1.54, 1.807) is 6.08 Å². The first-order chi connectivity index (χ1) is 4.83. The van der Waals surface area contributed by atoms with Crippen molar-refractivity contribution in [2.45, 2.75) is 26.7 Å². The van der Waals surface area contributed by atoms with Crippen LogP contribution < -0.4 is 0 Å². The summed E-state index contributed by atoms with van der Waals surface area (Å²) >= 11 is 0. The fraction of sp³-hybridized carbons (Fsp3) is 0.400. The Bertz CT molecular complexity index is 53.1. The van der Waals surface area contributed by atoms with Gasteiger partial charge in [-0.25, -0.2) is 0 Å². The van der Waals surface area contributed by atoms with Crippen molar-refractivity contribution < 1.29 is 0 Å². The molecule has 0 bridgehead atoms. The van der Waals surface area contributed by atoms with Gasteiger partial charge in [0.15, 0.2) is 0 Å². The van der Waals surface area contributed by atoms with Crippen LogP contribution in [-0.2, 0) is 0 Å². The van der Waals surface area contributed by atoms with Crippen molar-refractivity contribution in [3.05, 3.63) is 38.5 Å². The van der Waals surface area contributed by atoms with Crippen molar-refractivity contribution in [2.75, 3.05) is 0 Å². The number of hydrogen-bond donors (Lipinski definition) is 0. The van der Waals surface area contributed by atoms with E-state index in [1.807, 2.05) is 13.0 Å². The van der Waals surface area contributed by atoms with Crippen molar-refractivity contribution in [3.8, 4) is 0 Å². The largest absolute Gasteiger partial charge is 0.106 e. The molecule has 0 radical (unpaired) electrons. The zero-order chi connectivity index (χ0) is 8.83. The Hall–Kier alpha value is -0.780. The molecule has 0 rings (SSSR count). The molecule has 0 aliphatic rings. The van der Waals surface area contributed by atoms with E-state index in [2.05, 4.69) is 33.2 Å². The Labute approximate surface area is 66.0 Å². The molecular formula is C10H20. The molecule has 0 spiro atoms. The molecule has 0 heterocycles. The lowest BCUT2D eigenvalue weighted by Crippen LogP contribution is -1.52. The Morgan fingerprint density at radius 3 is 1.50 bits per heavy atom. The molecule has 0 nitrogen and oxygen atoms in total. The van der Waals surface area contributed by atoms with Crippen LogP contribution in [0.4, 0.5) is 0 Å². The van der Waals surface area contributed by atoms with Gasteiger partial charge in [-0.1, -0.05) is 25.5 Å². The molecule has 0 atom stereocenters. The summed E-state index contributed by atoms with van der Waals surface area (Å²) < 4.78 is 0. The zero-order valence-electron chi connectivity index (χ0n) is 7.40. The van der Waals surface area contributed by atoms with E-state index < -0.39 is 0 Å². The van der Waals surface area contributed by atoms with Gasteiger partial charge in [0, 0.05) is 0 Å². The van der Waals surface area contributed by atoms with Crippen LogP contribution in [0.1, 0.15) is 26.7 Å². The van der Waals surface area contributed by atoms with E-state index in [-0.39, 0.29) is 0 Å². The zero-order valence-corrected chi connectivity index (χ0v) is 7.40. The van der Waals surface area contributed by atoms with E-state index in [0.717, 1.165) is 6.42 Å². The minimum atomic E-state index is 1.15. The van der Waals surface area contributed by atoms with E-state index >= 15 is 0 Å². The first-order valence-electron chi connectivity index (χ1n) is 3.51. The van der Waals surface area contributed by atoms with E-state index in [9.17, 15) is 0 Å². The molecular weight excluding hydrogens is 120 g/mol.